The summed E-state index contributed by atoms with van der Waals surface area (Å²) in [5, 5.41) is 0. The van der Waals surface area contributed by atoms with Crippen LogP contribution in [0, 0.1) is 0 Å². The molecule has 0 saturated carbocycles. The number of amides is 1. The van der Waals surface area contributed by atoms with Crippen LogP contribution in [0.3, 0.4) is 0 Å². The topological polar surface area (TPSA) is 55.6 Å². The second-order valence-corrected chi connectivity index (χ2v) is 5.15. The summed E-state index contributed by atoms with van der Waals surface area (Å²) in [6, 6.07) is 0. The molecule has 2 fully saturated rings. The van der Waals surface area contributed by atoms with Gasteiger partial charge >= 0.3 is 0 Å². The first-order valence-corrected chi connectivity index (χ1v) is 6.30. The van der Waals surface area contributed by atoms with Gasteiger partial charge in [-0.1, -0.05) is 0 Å². The molecule has 2 rings (SSSR count). The van der Waals surface area contributed by atoms with Crippen LogP contribution in [0.2, 0.25) is 0 Å². The molecular formula is C12H22N2O2. The Morgan fingerprint density at radius 2 is 2.31 bits per heavy atom. The molecule has 2 N–H and O–H groups in total. The summed E-state index contributed by atoms with van der Waals surface area (Å²) in [5.41, 5.74) is 5.68. The highest BCUT2D eigenvalue weighted by molar-refractivity contribution is 5.82. The van der Waals surface area contributed by atoms with Crippen LogP contribution in [-0.2, 0) is 9.53 Å². The van der Waals surface area contributed by atoms with Crippen molar-refractivity contribution in [2.24, 2.45) is 5.73 Å². The van der Waals surface area contributed by atoms with Crippen molar-refractivity contribution in [3.05, 3.63) is 0 Å². The molecule has 0 aromatic carbocycles. The van der Waals surface area contributed by atoms with Crippen molar-refractivity contribution >= 4 is 5.91 Å². The Morgan fingerprint density at radius 3 is 2.94 bits per heavy atom. The zero-order valence-corrected chi connectivity index (χ0v) is 10.1. The van der Waals surface area contributed by atoms with Crippen LogP contribution in [0.4, 0.5) is 0 Å². The van der Waals surface area contributed by atoms with E-state index >= 15 is 0 Å². The van der Waals surface area contributed by atoms with Crippen molar-refractivity contribution in [3.8, 4) is 0 Å². The van der Waals surface area contributed by atoms with Crippen LogP contribution in [0.15, 0.2) is 0 Å². The highest BCUT2D eigenvalue weighted by Gasteiger charge is 2.39. The van der Waals surface area contributed by atoms with Crippen LogP contribution in [0.5, 0.6) is 0 Å². The van der Waals surface area contributed by atoms with Gasteiger partial charge in [-0.25, -0.2) is 0 Å². The fourth-order valence-corrected chi connectivity index (χ4v) is 2.72. The third-order valence-corrected chi connectivity index (χ3v) is 3.91. The third-order valence-electron chi connectivity index (χ3n) is 3.91. The summed E-state index contributed by atoms with van der Waals surface area (Å²) < 4.78 is 5.47. The van der Waals surface area contributed by atoms with Gasteiger partial charge in [-0.2, -0.15) is 0 Å². The lowest BCUT2D eigenvalue weighted by Gasteiger charge is -2.45. The van der Waals surface area contributed by atoms with Gasteiger partial charge in [0.2, 0.25) is 0 Å². The third kappa shape index (κ3) is 2.09. The molecule has 1 amide bonds. The van der Waals surface area contributed by atoms with E-state index in [0.717, 1.165) is 38.8 Å². The average Bonchev–Trinajstić information content (AvgIpc) is 2.82. The quantitative estimate of drug-likeness (QED) is 0.761. The van der Waals surface area contributed by atoms with Gasteiger partial charge in [0.25, 0.3) is 5.91 Å². The summed E-state index contributed by atoms with van der Waals surface area (Å²) in [5.74, 6) is 0.158. The molecule has 0 aromatic heterocycles. The second kappa shape index (κ2) is 4.72. The number of nitrogens with two attached hydrogens (primary N) is 1. The summed E-state index contributed by atoms with van der Waals surface area (Å²) in [4.78, 5) is 14.3. The molecule has 2 unspecified atom stereocenters. The van der Waals surface area contributed by atoms with Gasteiger partial charge in [0, 0.05) is 19.7 Å². The first kappa shape index (κ1) is 11.9. The molecule has 2 aliphatic heterocycles. The minimum Gasteiger partial charge on any atom is -0.368 e. The Hall–Kier alpha value is -0.610. The highest BCUT2D eigenvalue weighted by Crippen LogP contribution is 2.29. The fourth-order valence-electron chi connectivity index (χ4n) is 2.72. The first-order valence-electron chi connectivity index (χ1n) is 6.30. The molecule has 0 radical (unpaired) electrons. The standard InChI is InChI=1S/C12H22N2O2/c1-12(9-13)6-2-3-7-14(12)11(15)10-5-4-8-16-10/h10H,2-9,13H2,1H3. The summed E-state index contributed by atoms with van der Waals surface area (Å²) in [6.07, 6.45) is 4.95. The maximum atomic E-state index is 12.3. The molecule has 0 spiro atoms. The summed E-state index contributed by atoms with van der Waals surface area (Å²) >= 11 is 0. The number of rotatable bonds is 2. The first-order chi connectivity index (χ1) is 7.67. The molecule has 4 nitrogen and oxygen atoms in total. The summed E-state index contributed by atoms with van der Waals surface area (Å²) in [6.45, 7) is 4.21. The SMILES string of the molecule is CC1(CN)CCCCN1C(=O)C1CCCO1. The van der Waals surface area contributed by atoms with E-state index in [1.54, 1.807) is 0 Å². The molecule has 0 bridgehead atoms. The minimum atomic E-state index is -0.205. The summed E-state index contributed by atoms with van der Waals surface area (Å²) in [7, 11) is 0. The van der Waals surface area contributed by atoms with Crippen LogP contribution < -0.4 is 5.73 Å². The van der Waals surface area contributed by atoms with E-state index in [-0.39, 0.29) is 17.6 Å². The van der Waals surface area contributed by atoms with Gasteiger partial charge in [0.05, 0.1) is 5.54 Å². The van der Waals surface area contributed by atoms with Gasteiger partial charge in [-0.15, -0.1) is 0 Å². The maximum absolute atomic E-state index is 12.3. The van der Waals surface area contributed by atoms with E-state index in [1.165, 1.54) is 6.42 Å². The molecule has 2 aliphatic rings. The van der Waals surface area contributed by atoms with E-state index in [1.807, 2.05) is 4.90 Å². The molecule has 4 heteroatoms. The number of piperidine rings is 1. The lowest BCUT2D eigenvalue weighted by Crippen LogP contribution is -2.59. The van der Waals surface area contributed by atoms with E-state index in [2.05, 4.69) is 6.92 Å². The Kier molecular flexibility index (Phi) is 3.50. The molecule has 2 saturated heterocycles. The number of carbonyl (C=O) groups excluding carboxylic acids is 1. The largest absolute Gasteiger partial charge is 0.368 e. The molecule has 2 heterocycles. The van der Waals surface area contributed by atoms with Crippen molar-refractivity contribution in [1.82, 2.24) is 4.90 Å². The zero-order valence-electron chi connectivity index (χ0n) is 10.1. The lowest BCUT2D eigenvalue weighted by atomic mass is 9.88. The monoisotopic (exact) mass is 226 g/mol. The Bertz CT molecular complexity index is 264. The number of likely N-dealkylation sites (tertiary alicyclic amines) is 1. The molecule has 2 atom stereocenters. The Balaban J connectivity index is 2.07. The highest BCUT2D eigenvalue weighted by atomic mass is 16.5. The Labute approximate surface area is 97.1 Å². The van der Waals surface area contributed by atoms with Gasteiger partial charge in [-0.3, -0.25) is 4.79 Å². The van der Waals surface area contributed by atoms with Crippen molar-refractivity contribution in [2.75, 3.05) is 19.7 Å². The number of nitrogens with zero attached hydrogens (tertiary/aromatic N) is 1. The van der Waals surface area contributed by atoms with E-state index < -0.39 is 0 Å². The molecule has 16 heavy (non-hydrogen) atoms. The maximum Gasteiger partial charge on any atom is 0.252 e. The smallest absolute Gasteiger partial charge is 0.252 e. The van der Waals surface area contributed by atoms with Gasteiger partial charge in [0.1, 0.15) is 6.10 Å². The molecule has 92 valence electrons. The molecule has 0 aromatic rings. The van der Waals surface area contributed by atoms with Crippen molar-refractivity contribution in [1.29, 1.82) is 0 Å². The number of ether oxygens (including phenoxy) is 1. The normalized spacial score (nSPS) is 35.4. The second-order valence-electron chi connectivity index (χ2n) is 5.15. The predicted octanol–water partition coefficient (Wildman–Crippen LogP) is 0.895. The van der Waals surface area contributed by atoms with Crippen molar-refractivity contribution < 1.29 is 9.53 Å². The van der Waals surface area contributed by atoms with Crippen molar-refractivity contribution in [3.63, 3.8) is 0 Å². The number of carbonyl (C=O) groups is 1. The minimum absolute atomic E-state index is 0.152. The fraction of sp³-hybridized carbons (Fsp3) is 0.917. The zero-order chi connectivity index (χ0) is 11.6. The van der Waals surface area contributed by atoms with Crippen LogP contribution in [0.1, 0.15) is 39.0 Å². The van der Waals surface area contributed by atoms with Crippen molar-refractivity contribution in [2.45, 2.75) is 50.7 Å². The lowest BCUT2D eigenvalue weighted by molar-refractivity contribution is -0.148. The van der Waals surface area contributed by atoms with Crippen LogP contribution >= 0.6 is 0 Å². The van der Waals surface area contributed by atoms with Gasteiger partial charge in [0.15, 0.2) is 0 Å². The number of hydrogen-bond donors (Lipinski definition) is 1. The average molecular weight is 226 g/mol. The Morgan fingerprint density at radius 1 is 1.50 bits per heavy atom. The van der Waals surface area contributed by atoms with E-state index in [4.69, 9.17) is 10.5 Å². The van der Waals surface area contributed by atoms with Crippen LogP contribution in [-0.4, -0.2) is 42.1 Å². The predicted molar refractivity (Wildman–Crippen MR) is 62.0 cm³/mol. The van der Waals surface area contributed by atoms with Gasteiger partial charge in [-0.05, 0) is 39.0 Å². The van der Waals surface area contributed by atoms with Crippen LogP contribution in [0.25, 0.3) is 0 Å². The number of hydrogen-bond acceptors (Lipinski definition) is 3. The van der Waals surface area contributed by atoms with E-state index in [9.17, 15) is 4.79 Å². The van der Waals surface area contributed by atoms with E-state index in [0.29, 0.717) is 6.54 Å². The molecule has 0 aliphatic carbocycles. The molecular weight excluding hydrogens is 204 g/mol. The van der Waals surface area contributed by atoms with Gasteiger partial charge < -0.3 is 15.4 Å².